The summed E-state index contributed by atoms with van der Waals surface area (Å²) < 4.78 is 44.6. The first kappa shape index (κ1) is 27.3. The lowest BCUT2D eigenvalue weighted by atomic mass is 9.85. The number of nitrogens with zero attached hydrogens (tertiary/aromatic N) is 1. The largest absolute Gasteiger partial charge is 0.484 e. The van der Waals surface area contributed by atoms with Gasteiger partial charge in [-0.2, -0.15) is 13.2 Å². The Hall–Kier alpha value is -1.72. The summed E-state index contributed by atoms with van der Waals surface area (Å²) in [6.45, 7) is 5.17. The first-order valence-corrected chi connectivity index (χ1v) is 10.4. The van der Waals surface area contributed by atoms with E-state index in [1.54, 1.807) is 12.1 Å². The van der Waals surface area contributed by atoms with Crippen LogP contribution >= 0.6 is 24.0 Å². The maximum atomic E-state index is 13.1. The number of amides is 1. The third-order valence-corrected chi connectivity index (χ3v) is 4.88. The number of halogens is 4. The molecule has 1 aliphatic rings. The molecule has 6 nitrogen and oxygen atoms in total. The normalized spacial score (nSPS) is 19.2. The van der Waals surface area contributed by atoms with Crippen LogP contribution in [0.1, 0.15) is 45.1 Å². The van der Waals surface area contributed by atoms with Crippen LogP contribution in [0.2, 0.25) is 0 Å². The number of aliphatic imine (C=N–C) groups is 1. The Morgan fingerprint density at radius 3 is 2.61 bits per heavy atom. The predicted molar refractivity (Wildman–Crippen MR) is 126 cm³/mol. The van der Waals surface area contributed by atoms with Gasteiger partial charge in [-0.1, -0.05) is 18.6 Å². The lowest BCUT2D eigenvalue weighted by molar-refractivity contribution is -0.183. The van der Waals surface area contributed by atoms with Gasteiger partial charge in [0.25, 0.3) is 5.91 Å². The average molecular weight is 556 g/mol. The molecule has 1 aromatic carbocycles. The van der Waals surface area contributed by atoms with E-state index in [1.165, 1.54) is 0 Å². The highest BCUT2D eigenvalue weighted by Gasteiger charge is 2.42. The number of hydrogen-bond acceptors (Lipinski definition) is 3. The second-order valence-corrected chi connectivity index (χ2v) is 7.33. The van der Waals surface area contributed by atoms with Crippen molar-refractivity contribution < 1.29 is 22.7 Å². The van der Waals surface area contributed by atoms with Crippen molar-refractivity contribution >= 4 is 35.8 Å². The summed E-state index contributed by atoms with van der Waals surface area (Å²) in [6.07, 6.45) is -2.65. The molecule has 0 heterocycles. The Labute approximate surface area is 198 Å². The van der Waals surface area contributed by atoms with Crippen LogP contribution in [-0.2, 0) is 11.3 Å². The molecule has 1 amide bonds. The van der Waals surface area contributed by atoms with Crippen LogP contribution in [0.3, 0.4) is 0 Å². The van der Waals surface area contributed by atoms with E-state index in [0.29, 0.717) is 44.2 Å². The molecule has 1 aromatic rings. The Bertz CT molecular complexity index is 716. The van der Waals surface area contributed by atoms with E-state index in [2.05, 4.69) is 20.9 Å². The van der Waals surface area contributed by atoms with Crippen molar-refractivity contribution in [2.75, 3.05) is 19.7 Å². The van der Waals surface area contributed by atoms with Gasteiger partial charge in [0.15, 0.2) is 12.6 Å². The molecule has 1 saturated carbocycles. The van der Waals surface area contributed by atoms with Gasteiger partial charge in [-0.05, 0) is 50.8 Å². The molecule has 0 bridgehead atoms. The van der Waals surface area contributed by atoms with Crippen molar-refractivity contribution in [1.29, 1.82) is 0 Å². The van der Waals surface area contributed by atoms with Crippen LogP contribution in [0.25, 0.3) is 0 Å². The zero-order chi connectivity index (χ0) is 22.0. The number of guanidine groups is 1. The third-order valence-electron chi connectivity index (χ3n) is 4.88. The van der Waals surface area contributed by atoms with Gasteiger partial charge in [0.1, 0.15) is 5.75 Å². The summed E-state index contributed by atoms with van der Waals surface area (Å²) in [7, 11) is 0. The fourth-order valence-electron chi connectivity index (χ4n) is 3.43. The second-order valence-electron chi connectivity index (χ2n) is 7.33. The number of carbonyl (C=O) groups excluding carboxylic acids is 1. The molecular formula is C21H32F3IN4O2. The van der Waals surface area contributed by atoms with Gasteiger partial charge in [0.2, 0.25) is 0 Å². The Balaban J connectivity index is 0.00000480. The molecule has 1 fully saturated rings. The van der Waals surface area contributed by atoms with Crippen molar-refractivity contribution in [2.45, 2.75) is 58.3 Å². The summed E-state index contributed by atoms with van der Waals surface area (Å²) in [6, 6.07) is 7.00. The van der Waals surface area contributed by atoms with E-state index in [4.69, 9.17) is 4.74 Å². The molecule has 176 valence electrons. The molecule has 31 heavy (non-hydrogen) atoms. The van der Waals surface area contributed by atoms with Crippen LogP contribution in [0.15, 0.2) is 29.3 Å². The van der Waals surface area contributed by atoms with E-state index in [-0.39, 0.29) is 55.4 Å². The van der Waals surface area contributed by atoms with Gasteiger partial charge in [-0.3, -0.25) is 4.79 Å². The zero-order valence-electron chi connectivity index (χ0n) is 17.9. The number of benzene rings is 1. The Morgan fingerprint density at radius 2 is 1.94 bits per heavy atom. The van der Waals surface area contributed by atoms with Crippen molar-refractivity contribution in [2.24, 2.45) is 10.9 Å². The molecular weight excluding hydrogens is 524 g/mol. The first-order valence-electron chi connectivity index (χ1n) is 10.4. The topological polar surface area (TPSA) is 74.8 Å². The molecule has 0 spiro atoms. The number of carbonyl (C=O) groups is 1. The molecule has 0 aliphatic heterocycles. The van der Waals surface area contributed by atoms with Crippen LogP contribution in [0.4, 0.5) is 13.2 Å². The number of nitrogens with one attached hydrogen (secondary N) is 3. The fraction of sp³-hybridized carbons (Fsp3) is 0.619. The first-order chi connectivity index (χ1) is 14.3. The summed E-state index contributed by atoms with van der Waals surface area (Å²) in [4.78, 5) is 16.0. The molecule has 0 radical (unpaired) electrons. The molecule has 0 aromatic heterocycles. The van der Waals surface area contributed by atoms with Crippen LogP contribution < -0.4 is 20.7 Å². The molecule has 2 rings (SSSR count). The highest BCUT2D eigenvalue weighted by Crippen LogP contribution is 2.37. The minimum atomic E-state index is -4.15. The van der Waals surface area contributed by atoms with Crippen molar-refractivity contribution in [1.82, 2.24) is 16.0 Å². The number of rotatable bonds is 8. The molecule has 2 unspecified atom stereocenters. The lowest BCUT2D eigenvalue weighted by Gasteiger charge is -2.31. The van der Waals surface area contributed by atoms with Gasteiger partial charge < -0.3 is 20.7 Å². The molecule has 1 aliphatic carbocycles. The molecule has 2 atom stereocenters. The monoisotopic (exact) mass is 556 g/mol. The summed E-state index contributed by atoms with van der Waals surface area (Å²) in [5.41, 5.74) is 0.873. The van der Waals surface area contributed by atoms with Crippen molar-refractivity contribution in [3.63, 3.8) is 0 Å². The van der Waals surface area contributed by atoms with E-state index in [0.717, 1.165) is 5.56 Å². The van der Waals surface area contributed by atoms with Crippen LogP contribution in [-0.4, -0.2) is 43.8 Å². The maximum Gasteiger partial charge on any atom is 0.391 e. The quantitative estimate of drug-likeness (QED) is 0.257. The average Bonchev–Trinajstić information content (AvgIpc) is 2.71. The number of likely N-dealkylation sites (N-methyl/N-ethyl adjacent to an activating group) is 1. The van der Waals surface area contributed by atoms with E-state index in [9.17, 15) is 18.0 Å². The van der Waals surface area contributed by atoms with Gasteiger partial charge >= 0.3 is 6.18 Å². The SMILES string of the molecule is CCNC(=O)COc1cccc(CN=C(NCC)NC2CCCC(C(F)(F)F)C2)c1.I. The number of hydrogen-bond donors (Lipinski definition) is 3. The van der Waals surface area contributed by atoms with Gasteiger partial charge in [0.05, 0.1) is 12.5 Å². The van der Waals surface area contributed by atoms with E-state index in [1.807, 2.05) is 26.0 Å². The van der Waals surface area contributed by atoms with Crippen LogP contribution in [0.5, 0.6) is 5.75 Å². The highest BCUT2D eigenvalue weighted by atomic mass is 127. The summed E-state index contributed by atoms with van der Waals surface area (Å²) in [5, 5.41) is 8.91. The lowest BCUT2D eigenvalue weighted by Crippen LogP contribution is -2.46. The van der Waals surface area contributed by atoms with E-state index < -0.39 is 12.1 Å². The Morgan fingerprint density at radius 1 is 1.19 bits per heavy atom. The van der Waals surface area contributed by atoms with E-state index >= 15 is 0 Å². The predicted octanol–water partition coefficient (Wildman–Crippen LogP) is 4.00. The summed E-state index contributed by atoms with van der Waals surface area (Å²) in [5.74, 6) is -0.388. The molecule has 10 heteroatoms. The van der Waals surface area contributed by atoms with Crippen molar-refractivity contribution in [3.05, 3.63) is 29.8 Å². The van der Waals surface area contributed by atoms with Gasteiger partial charge in [0, 0.05) is 19.1 Å². The maximum absolute atomic E-state index is 13.1. The standard InChI is InChI=1S/C21H31F3N4O2.HI/c1-3-25-19(29)14-30-18-10-5-7-15(11-18)13-27-20(26-4-2)28-17-9-6-8-16(12-17)21(22,23)24;/h5,7,10-11,16-17H,3-4,6,8-9,12-14H2,1-2H3,(H,25,29)(H2,26,27,28);1H. The minimum Gasteiger partial charge on any atom is -0.484 e. The van der Waals surface area contributed by atoms with Gasteiger partial charge in [-0.15, -0.1) is 24.0 Å². The highest BCUT2D eigenvalue weighted by molar-refractivity contribution is 14.0. The van der Waals surface area contributed by atoms with Crippen LogP contribution in [0, 0.1) is 5.92 Å². The molecule has 0 saturated heterocycles. The third kappa shape index (κ3) is 9.96. The summed E-state index contributed by atoms with van der Waals surface area (Å²) >= 11 is 0. The number of alkyl halides is 3. The smallest absolute Gasteiger partial charge is 0.391 e. The number of ether oxygens (including phenoxy) is 1. The minimum absolute atomic E-state index is 0. The fourth-order valence-corrected chi connectivity index (χ4v) is 3.43. The second kappa shape index (κ2) is 13.6. The zero-order valence-corrected chi connectivity index (χ0v) is 20.3. The van der Waals surface area contributed by atoms with Gasteiger partial charge in [-0.25, -0.2) is 4.99 Å². The Kier molecular flexibility index (Phi) is 12.0. The van der Waals surface area contributed by atoms with Crippen molar-refractivity contribution in [3.8, 4) is 5.75 Å². The molecule has 3 N–H and O–H groups in total.